The average Bonchev–Trinajstić information content (AvgIpc) is 2.58. The molecule has 3 aromatic carbocycles. The van der Waals surface area contributed by atoms with E-state index in [2.05, 4.69) is 73.3 Å². The summed E-state index contributed by atoms with van der Waals surface area (Å²) in [6.07, 6.45) is 0. The average molecular weight is 439 g/mol. The van der Waals surface area contributed by atoms with E-state index in [1.165, 1.54) is 10.6 Å². The summed E-state index contributed by atoms with van der Waals surface area (Å²) in [5, 5.41) is 4.83. The Morgan fingerprint density at radius 1 is 0.636 bits per heavy atom. The third-order valence-corrected chi connectivity index (χ3v) is 11.9. The van der Waals surface area contributed by atoms with Crippen LogP contribution in [0.15, 0.2) is 78.9 Å². The molecule has 4 heteroatoms. The van der Waals surface area contributed by atoms with Gasteiger partial charge in [0.05, 0.1) is 0 Å². The number of benzene rings is 3. The van der Waals surface area contributed by atoms with E-state index in [9.17, 15) is 0 Å². The molecule has 0 aliphatic heterocycles. The van der Waals surface area contributed by atoms with Gasteiger partial charge in [-0.3, -0.25) is 0 Å². The van der Waals surface area contributed by atoms with Gasteiger partial charge in [0.25, 0.3) is 0 Å². The molecule has 0 aliphatic rings. The van der Waals surface area contributed by atoms with Crippen molar-refractivity contribution < 1.29 is 18.7 Å². The molecular weight excluding hydrogens is 424 g/mol. The van der Waals surface area contributed by atoms with Gasteiger partial charge in [0.15, 0.2) is 0 Å². The minimum absolute atomic E-state index is 0.592. The number of hydrogen-bond donors (Lipinski definition) is 0. The zero-order valence-electron chi connectivity index (χ0n) is 11.6. The van der Waals surface area contributed by atoms with Crippen LogP contribution < -0.4 is 15.9 Å². The molecule has 0 fully saturated rings. The Morgan fingerprint density at radius 3 is 1.64 bits per heavy atom. The van der Waals surface area contributed by atoms with E-state index in [1.807, 2.05) is 24.3 Å². The second-order valence-electron chi connectivity index (χ2n) is 4.95. The van der Waals surface area contributed by atoms with E-state index in [0.29, 0.717) is 10.0 Å². The van der Waals surface area contributed by atoms with Crippen molar-refractivity contribution in [2.75, 3.05) is 0 Å². The van der Waals surface area contributed by atoms with Crippen molar-refractivity contribution in [1.29, 1.82) is 0 Å². The number of hydrogen-bond acceptors (Lipinski definition) is 0. The molecule has 0 nitrogen and oxygen atoms in total. The van der Waals surface area contributed by atoms with Crippen LogP contribution in [0.4, 0.5) is 0 Å². The summed E-state index contributed by atoms with van der Waals surface area (Å²) < 4.78 is 0. The Morgan fingerprint density at radius 2 is 1.14 bits per heavy atom. The first kappa shape index (κ1) is 16.2. The molecule has 0 saturated heterocycles. The number of rotatable bonds is 3. The van der Waals surface area contributed by atoms with Gasteiger partial charge in [0, 0.05) is 0 Å². The van der Waals surface area contributed by atoms with Crippen LogP contribution in [-0.2, 0) is 18.7 Å². The van der Waals surface area contributed by atoms with E-state index in [-0.39, 0.29) is 0 Å². The molecule has 0 amide bonds. The number of halogens is 2. The summed E-state index contributed by atoms with van der Waals surface area (Å²) in [6.45, 7) is 0. The van der Waals surface area contributed by atoms with Crippen LogP contribution in [0.5, 0.6) is 0 Å². The standard InChI is InChI=1S/C18H13Cl2P.Pd/c19-16-12-7-13-17(18(16)20)21(14-8-3-1-4-9-14)15-10-5-2-6-11-15;/h1-13H;/p+1. The predicted molar refractivity (Wildman–Crippen MR) is 96.6 cm³/mol. The van der Waals surface area contributed by atoms with Crippen LogP contribution >= 0.6 is 28.7 Å². The summed E-state index contributed by atoms with van der Waals surface area (Å²) in [4.78, 5) is 0. The van der Waals surface area contributed by atoms with Crippen LogP contribution in [0, 0.1) is 0 Å². The van der Waals surface area contributed by atoms with E-state index >= 15 is 0 Å². The van der Waals surface area contributed by atoms with Crippen molar-refractivity contribution in [2.45, 2.75) is 0 Å². The minimum atomic E-state index is -2.32. The molecular formula is C18H14Cl2PPd+. The third kappa shape index (κ3) is 2.90. The van der Waals surface area contributed by atoms with Gasteiger partial charge in [-0.2, -0.15) is 0 Å². The molecule has 22 heavy (non-hydrogen) atoms. The summed E-state index contributed by atoms with van der Waals surface area (Å²) in [5.74, 6) is 0. The fraction of sp³-hybridized carbons (Fsp3) is 0. The third-order valence-electron chi connectivity index (χ3n) is 3.61. The van der Waals surface area contributed by atoms with Crippen molar-refractivity contribution in [3.63, 3.8) is 0 Å². The summed E-state index contributed by atoms with van der Waals surface area (Å²) in [5.41, 5.74) is -2.32. The quantitative estimate of drug-likeness (QED) is 0.418. The molecule has 0 saturated carbocycles. The molecule has 3 rings (SSSR count). The second-order valence-corrected chi connectivity index (χ2v) is 12.1. The Balaban J connectivity index is 2.31. The predicted octanol–water partition coefficient (Wildman–Crippen LogP) is 4.48. The zero-order chi connectivity index (χ0) is 15.6. The van der Waals surface area contributed by atoms with Crippen LogP contribution in [-0.4, -0.2) is 0 Å². The maximum atomic E-state index is 6.56. The molecule has 0 unspecified atom stereocenters. The Bertz CT molecular complexity index is 736. The second kappa shape index (κ2) is 6.84. The van der Waals surface area contributed by atoms with Gasteiger partial charge in [-0.1, -0.05) is 0 Å². The fourth-order valence-corrected chi connectivity index (χ4v) is 9.16. The summed E-state index contributed by atoms with van der Waals surface area (Å²) in [7, 11) is 0. The van der Waals surface area contributed by atoms with Crippen LogP contribution in [0.1, 0.15) is 0 Å². The summed E-state index contributed by atoms with van der Waals surface area (Å²) in [6, 6.07) is 26.8. The topological polar surface area (TPSA) is 0 Å². The molecule has 0 bridgehead atoms. The molecule has 0 spiro atoms. The molecule has 0 aromatic heterocycles. The van der Waals surface area contributed by atoms with Gasteiger partial charge in [-0.25, -0.2) is 0 Å². The molecule has 3 aromatic rings. The van der Waals surface area contributed by atoms with Gasteiger partial charge in [0.1, 0.15) is 0 Å². The van der Waals surface area contributed by atoms with Crippen molar-refractivity contribution >= 4 is 44.6 Å². The van der Waals surface area contributed by atoms with Crippen molar-refractivity contribution in [3.05, 3.63) is 88.9 Å². The van der Waals surface area contributed by atoms with Gasteiger partial charge in [-0.15, -0.1) is 0 Å². The SMILES string of the molecule is Clc1cccc([PH]([Pd+])(c2ccccc2)c2ccccc2)c1Cl. The summed E-state index contributed by atoms with van der Waals surface area (Å²) >= 11 is 16.6. The van der Waals surface area contributed by atoms with Crippen molar-refractivity contribution in [1.82, 2.24) is 0 Å². The van der Waals surface area contributed by atoms with Crippen LogP contribution in [0.25, 0.3) is 0 Å². The normalized spacial score (nSPS) is 12.2. The molecule has 0 heterocycles. The van der Waals surface area contributed by atoms with Crippen molar-refractivity contribution in [2.24, 2.45) is 0 Å². The molecule has 0 atom stereocenters. The van der Waals surface area contributed by atoms with Gasteiger partial charge < -0.3 is 0 Å². The van der Waals surface area contributed by atoms with Crippen LogP contribution in [0.3, 0.4) is 0 Å². The first-order valence-corrected chi connectivity index (χ1v) is 11.8. The van der Waals surface area contributed by atoms with E-state index < -0.39 is 5.45 Å². The van der Waals surface area contributed by atoms with Gasteiger partial charge >= 0.3 is 152 Å². The van der Waals surface area contributed by atoms with E-state index in [4.69, 9.17) is 23.2 Å². The van der Waals surface area contributed by atoms with Gasteiger partial charge in [0.2, 0.25) is 0 Å². The Labute approximate surface area is 151 Å². The monoisotopic (exact) mass is 437 g/mol. The molecule has 0 radical (unpaired) electrons. The first-order valence-electron chi connectivity index (χ1n) is 6.85. The molecule has 0 N–H and O–H groups in total. The maximum absolute atomic E-state index is 6.56. The van der Waals surface area contributed by atoms with Crippen LogP contribution in [0.2, 0.25) is 10.0 Å². The van der Waals surface area contributed by atoms with E-state index in [1.54, 1.807) is 0 Å². The zero-order valence-corrected chi connectivity index (χ0v) is 15.6. The fourth-order valence-electron chi connectivity index (χ4n) is 2.55. The molecule has 114 valence electrons. The van der Waals surface area contributed by atoms with Gasteiger partial charge in [-0.05, 0) is 0 Å². The van der Waals surface area contributed by atoms with E-state index in [0.717, 1.165) is 5.30 Å². The Kier molecular flexibility index (Phi) is 5.04. The first-order chi connectivity index (χ1) is 10.6. The van der Waals surface area contributed by atoms with Crippen molar-refractivity contribution in [3.8, 4) is 0 Å². The Hall–Kier alpha value is -0.668. The molecule has 0 aliphatic carbocycles.